The number of amides is 3. The Morgan fingerprint density at radius 3 is 2.92 bits per heavy atom. The van der Waals surface area contributed by atoms with Gasteiger partial charge in [-0.2, -0.15) is 0 Å². The molecule has 2 aromatic rings. The van der Waals surface area contributed by atoms with Crippen molar-refractivity contribution in [1.82, 2.24) is 10.6 Å². The molecule has 1 aromatic carbocycles. The summed E-state index contributed by atoms with van der Waals surface area (Å²) in [5.41, 5.74) is 4.23. The third-order valence-electron chi connectivity index (χ3n) is 4.25. The molecule has 3 amide bonds. The number of carbonyl (C=O) groups is 2. The second-order valence-corrected chi connectivity index (χ2v) is 7.04. The number of anilines is 1. The Bertz CT molecular complexity index is 769. The van der Waals surface area contributed by atoms with E-state index < -0.39 is 0 Å². The third kappa shape index (κ3) is 3.76. The molecule has 3 rings (SSSR count). The summed E-state index contributed by atoms with van der Waals surface area (Å²) >= 11 is 1.65. The van der Waals surface area contributed by atoms with Crippen LogP contribution in [0.3, 0.4) is 0 Å². The molecule has 0 radical (unpaired) electrons. The number of carbonyl (C=O) groups excluding carboxylic acids is 2. The summed E-state index contributed by atoms with van der Waals surface area (Å²) in [6, 6.07) is 7.68. The first-order valence-corrected chi connectivity index (χ1v) is 8.91. The van der Waals surface area contributed by atoms with Gasteiger partial charge in [0.25, 0.3) is 0 Å². The minimum absolute atomic E-state index is 0.0599. The molecule has 1 aromatic heterocycles. The van der Waals surface area contributed by atoms with Crippen LogP contribution in [0, 0.1) is 6.92 Å². The Morgan fingerprint density at radius 1 is 1.33 bits per heavy atom. The standard InChI is InChI=1S/C18H21N3O2S/c1-11-7-8-24-16(11)10-19-18(23)20-12(2)13-3-5-15-14(9-13)4-6-17(22)21-15/h3,5,7-9,12H,4,6,10H2,1-2H3,(H,21,22)(H2,19,20,23)/t12-/m1/s1. The normalized spacial score (nSPS) is 14.5. The number of benzene rings is 1. The summed E-state index contributed by atoms with van der Waals surface area (Å²) in [7, 11) is 0. The first-order valence-electron chi connectivity index (χ1n) is 8.03. The van der Waals surface area contributed by atoms with Crippen molar-refractivity contribution in [2.75, 3.05) is 5.32 Å². The van der Waals surface area contributed by atoms with Crippen LogP contribution in [-0.4, -0.2) is 11.9 Å². The van der Waals surface area contributed by atoms with Gasteiger partial charge < -0.3 is 16.0 Å². The zero-order chi connectivity index (χ0) is 17.1. The van der Waals surface area contributed by atoms with Gasteiger partial charge in [0.2, 0.25) is 5.91 Å². The fourth-order valence-corrected chi connectivity index (χ4v) is 3.60. The number of rotatable bonds is 4. The highest BCUT2D eigenvalue weighted by atomic mass is 32.1. The topological polar surface area (TPSA) is 70.2 Å². The number of hydrogen-bond donors (Lipinski definition) is 3. The van der Waals surface area contributed by atoms with Crippen LogP contribution in [0.1, 0.15) is 41.0 Å². The first kappa shape index (κ1) is 16.5. The zero-order valence-corrected chi connectivity index (χ0v) is 14.6. The zero-order valence-electron chi connectivity index (χ0n) is 13.8. The van der Waals surface area contributed by atoms with Gasteiger partial charge in [0, 0.05) is 17.0 Å². The predicted octanol–water partition coefficient (Wildman–Crippen LogP) is 3.50. The van der Waals surface area contributed by atoms with E-state index in [1.54, 1.807) is 11.3 Å². The molecule has 0 unspecified atom stereocenters. The number of thiophene rings is 1. The largest absolute Gasteiger partial charge is 0.333 e. The highest BCUT2D eigenvalue weighted by Gasteiger charge is 2.17. The van der Waals surface area contributed by atoms with E-state index in [0.29, 0.717) is 13.0 Å². The van der Waals surface area contributed by atoms with Crippen molar-refractivity contribution < 1.29 is 9.59 Å². The average molecular weight is 343 g/mol. The van der Waals surface area contributed by atoms with Gasteiger partial charge in [-0.15, -0.1) is 11.3 Å². The van der Waals surface area contributed by atoms with Crippen molar-refractivity contribution >= 4 is 29.0 Å². The van der Waals surface area contributed by atoms with Crippen LogP contribution in [0.25, 0.3) is 0 Å². The summed E-state index contributed by atoms with van der Waals surface area (Å²) in [4.78, 5) is 24.7. The summed E-state index contributed by atoms with van der Waals surface area (Å²) < 4.78 is 0. The summed E-state index contributed by atoms with van der Waals surface area (Å²) in [6.07, 6.45) is 1.25. The summed E-state index contributed by atoms with van der Waals surface area (Å²) in [6.45, 7) is 4.54. The molecule has 0 aliphatic carbocycles. The molecule has 6 heteroatoms. The van der Waals surface area contributed by atoms with Crippen molar-refractivity contribution in [3.05, 3.63) is 51.2 Å². The molecule has 1 atom stereocenters. The maximum Gasteiger partial charge on any atom is 0.315 e. The second kappa shape index (κ2) is 7.05. The number of urea groups is 1. The van der Waals surface area contributed by atoms with Crippen LogP contribution in [0.15, 0.2) is 29.6 Å². The SMILES string of the molecule is Cc1ccsc1CNC(=O)N[C@H](C)c1ccc2c(c1)CCC(=O)N2. The molecule has 0 spiro atoms. The molecule has 1 aliphatic rings. The third-order valence-corrected chi connectivity index (χ3v) is 5.27. The van der Waals surface area contributed by atoms with Gasteiger partial charge in [-0.25, -0.2) is 4.79 Å². The van der Waals surface area contributed by atoms with Crippen LogP contribution in [0.2, 0.25) is 0 Å². The number of nitrogens with one attached hydrogen (secondary N) is 3. The number of aryl methyl sites for hydroxylation is 2. The van der Waals surface area contributed by atoms with Gasteiger partial charge >= 0.3 is 6.03 Å². The maximum atomic E-state index is 12.1. The lowest BCUT2D eigenvalue weighted by molar-refractivity contribution is -0.116. The Balaban J connectivity index is 1.58. The Kier molecular flexibility index (Phi) is 4.85. The van der Waals surface area contributed by atoms with E-state index in [9.17, 15) is 9.59 Å². The lowest BCUT2D eigenvalue weighted by Gasteiger charge is -2.20. The van der Waals surface area contributed by atoms with Crippen molar-refractivity contribution in [2.24, 2.45) is 0 Å². The molecule has 3 N–H and O–H groups in total. The maximum absolute atomic E-state index is 12.1. The minimum Gasteiger partial charge on any atom is -0.333 e. The van der Waals surface area contributed by atoms with Crippen molar-refractivity contribution in [3.8, 4) is 0 Å². The van der Waals surface area contributed by atoms with E-state index in [-0.39, 0.29) is 18.0 Å². The number of fused-ring (bicyclic) bond motifs is 1. The first-order chi connectivity index (χ1) is 11.5. The molecule has 5 nitrogen and oxygen atoms in total. The van der Waals surface area contributed by atoms with Crippen molar-refractivity contribution in [2.45, 2.75) is 39.3 Å². The Hall–Kier alpha value is -2.34. The fourth-order valence-electron chi connectivity index (χ4n) is 2.75. The van der Waals surface area contributed by atoms with Crippen LogP contribution < -0.4 is 16.0 Å². The highest BCUT2D eigenvalue weighted by Crippen LogP contribution is 2.26. The quantitative estimate of drug-likeness (QED) is 0.795. The van der Waals surface area contributed by atoms with E-state index in [0.717, 1.165) is 23.2 Å². The van der Waals surface area contributed by atoms with Gasteiger partial charge in [-0.05, 0) is 54.5 Å². The van der Waals surface area contributed by atoms with E-state index in [1.165, 1.54) is 10.4 Å². The van der Waals surface area contributed by atoms with Gasteiger partial charge in [0.05, 0.1) is 12.6 Å². The average Bonchev–Trinajstić information content (AvgIpc) is 2.97. The predicted molar refractivity (Wildman–Crippen MR) is 96.2 cm³/mol. The van der Waals surface area contributed by atoms with Crippen LogP contribution in [0.5, 0.6) is 0 Å². The second-order valence-electron chi connectivity index (χ2n) is 6.04. The van der Waals surface area contributed by atoms with Crippen LogP contribution >= 0.6 is 11.3 Å². The van der Waals surface area contributed by atoms with E-state index in [4.69, 9.17) is 0 Å². The molecule has 0 saturated heterocycles. The van der Waals surface area contributed by atoms with E-state index >= 15 is 0 Å². The van der Waals surface area contributed by atoms with Crippen molar-refractivity contribution in [3.63, 3.8) is 0 Å². The van der Waals surface area contributed by atoms with E-state index in [1.807, 2.05) is 37.4 Å². The van der Waals surface area contributed by atoms with E-state index in [2.05, 4.69) is 22.0 Å². The van der Waals surface area contributed by atoms with Gasteiger partial charge in [0.15, 0.2) is 0 Å². The highest BCUT2D eigenvalue weighted by molar-refractivity contribution is 7.10. The van der Waals surface area contributed by atoms with Gasteiger partial charge in [-0.3, -0.25) is 4.79 Å². The molecule has 2 heterocycles. The van der Waals surface area contributed by atoms with Gasteiger partial charge in [-0.1, -0.05) is 12.1 Å². The van der Waals surface area contributed by atoms with Crippen LogP contribution in [-0.2, 0) is 17.8 Å². The summed E-state index contributed by atoms with van der Waals surface area (Å²) in [5, 5.41) is 10.8. The molecular weight excluding hydrogens is 322 g/mol. The molecule has 1 aliphatic heterocycles. The smallest absolute Gasteiger partial charge is 0.315 e. The Morgan fingerprint density at radius 2 is 2.17 bits per heavy atom. The summed E-state index contributed by atoms with van der Waals surface area (Å²) in [5.74, 6) is 0.0599. The minimum atomic E-state index is -0.179. The molecule has 0 bridgehead atoms. The van der Waals surface area contributed by atoms with Crippen LogP contribution in [0.4, 0.5) is 10.5 Å². The molecular formula is C18H21N3O2S. The Labute approximate surface area is 145 Å². The lowest BCUT2D eigenvalue weighted by atomic mass is 9.98. The molecule has 0 saturated carbocycles. The molecule has 126 valence electrons. The molecule has 24 heavy (non-hydrogen) atoms. The number of hydrogen-bond acceptors (Lipinski definition) is 3. The fraction of sp³-hybridized carbons (Fsp3) is 0.333. The monoisotopic (exact) mass is 343 g/mol. The van der Waals surface area contributed by atoms with Crippen molar-refractivity contribution in [1.29, 1.82) is 0 Å². The lowest BCUT2D eigenvalue weighted by Crippen LogP contribution is -2.36. The van der Waals surface area contributed by atoms with Gasteiger partial charge in [0.1, 0.15) is 0 Å². The molecule has 0 fully saturated rings.